The number of aliphatic hydroxyl groups excluding tert-OH is 1. The van der Waals surface area contributed by atoms with Crippen molar-refractivity contribution in [2.45, 2.75) is 13.0 Å². The van der Waals surface area contributed by atoms with Gasteiger partial charge in [-0.2, -0.15) is 0 Å². The number of fused-ring (bicyclic) bond motifs is 3. The van der Waals surface area contributed by atoms with Crippen molar-refractivity contribution in [2.24, 2.45) is 0 Å². The first-order chi connectivity index (χ1) is 9.65. The van der Waals surface area contributed by atoms with E-state index in [0.29, 0.717) is 23.4 Å². The van der Waals surface area contributed by atoms with Crippen molar-refractivity contribution in [3.05, 3.63) is 52.7 Å². The molecule has 0 aliphatic rings. The number of anilines is 1. The van der Waals surface area contributed by atoms with Crippen LogP contribution in [0.25, 0.3) is 21.7 Å². The van der Waals surface area contributed by atoms with Gasteiger partial charge in [-0.15, -0.1) is 0 Å². The topological polar surface area (TPSA) is 62.5 Å². The SMILES string of the molecule is CC(O)CNc1cc(=O)c2ccc3ccccc3c2o1. The van der Waals surface area contributed by atoms with Crippen molar-refractivity contribution < 1.29 is 9.52 Å². The standard InChI is InChI=1S/C16H15NO3/c1-10(18)9-17-15-8-14(19)13-7-6-11-4-2-3-5-12(11)16(13)20-15/h2-8,10,17-18H,9H2,1H3. The highest BCUT2D eigenvalue weighted by Crippen LogP contribution is 2.25. The van der Waals surface area contributed by atoms with Crippen molar-refractivity contribution in [1.29, 1.82) is 0 Å². The third kappa shape index (κ3) is 2.26. The van der Waals surface area contributed by atoms with Crippen LogP contribution in [0.15, 0.2) is 51.7 Å². The first kappa shape index (κ1) is 12.7. The van der Waals surface area contributed by atoms with Crippen molar-refractivity contribution in [1.82, 2.24) is 0 Å². The Balaban J connectivity index is 2.22. The Labute approximate surface area is 115 Å². The third-order valence-electron chi connectivity index (χ3n) is 3.19. The second-order valence-electron chi connectivity index (χ2n) is 4.87. The second kappa shape index (κ2) is 4.98. The van der Waals surface area contributed by atoms with Crippen LogP contribution in [0, 0.1) is 0 Å². The van der Waals surface area contributed by atoms with Gasteiger partial charge in [-0.25, -0.2) is 0 Å². The van der Waals surface area contributed by atoms with E-state index in [2.05, 4.69) is 5.32 Å². The fraction of sp³-hybridized carbons (Fsp3) is 0.188. The molecule has 20 heavy (non-hydrogen) atoms. The molecule has 4 nitrogen and oxygen atoms in total. The van der Waals surface area contributed by atoms with Crippen molar-refractivity contribution in [3.63, 3.8) is 0 Å². The smallest absolute Gasteiger partial charge is 0.197 e. The van der Waals surface area contributed by atoms with E-state index in [9.17, 15) is 9.90 Å². The zero-order valence-electron chi connectivity index (χ0n) is 11.1. The maximum absolute atomic E-state index is 12.1. The summed E-state index contributed by atoms with van der Waals surface area (Å²) in [6.07, 6.45) is -0.511. The van der Waals surface area contributed by atoms with Crippen LogP contribution in [0.1, 0.15) is 6.92 Å². The lowest BCUT2D eigenvalue weighted by Gasteiger charge is -2.09. The molecule has 0 amide bonds. The summed E-state index contributed by atoms with van der Waals surface area (Å²) in [6.45, 7) is 2.00. The van der Waals surface area contributed by atoms with E-state index in [4.69, 9.17) is 4.42 Å². The Hall–Kier alpha value is -2.33. The minimum Gasteiger partial charge on any atom is -0.440 e. The lowest BCUT2D eigenvalue weighted by atomic mass is 10.1. The normalized spacial score (nSPS) is 12.7. The lowest BCUT2D eigenvalue weighted by molar-refractivity contribution is 0.207. The predicted octanol–water partition coefficient (Wildman–Crippen LogP) is 2.74. The molecule has 2 N–H and O–H groups in total. The molecule has 3 rings (SSSR count). The Morgan fingerprint density at radius 1 is 1.20 bits per heavy atom. The average Bonchev–Trinajstić information content (AvgIpc) is 2.45. The molecule has 0 fully saturated rings. The molecule has 1 unspecified atom stereocenters. The molecule has 1 atom stereocenters. The summed E-state index contributed by atoms with van der Waals surface area (Å²) in [5.41, 5.74) is 0.480. The number of rotatable bonds is 3. The second-order valence-corrected chi connectivity index (χ2v) is 4.87. The summed E-state index contributed by atoms with van der Waals surface area (Å²) in [4.78, 5) is 12.1. The molecule has 4 heteroatoms. The van der Waals surface area contributed by atoms with Gasteiger partial charge in [0.05, 0.1) is 11.5 Å². The lowest BCUT2D eigenvalue weighted by Crippen LogP contribution is -2.16. The summed E-state index contributed by atoms with van der Waals surface area (Å²) in [5.74, 6) is 0.375. The molecule has 0 spiro atoms. The van der Waals surface area contributed by atoms with Gasteiger partial charge in [0.25, 0.3) is 0 Å². The molecule has 1 heterocycles. The van der Waals surface area contributed by atoms with Crippen LogP contribution < -0.4 is 10.7 Å². The Morgan fingerprint density at radius 2 is 2.00 bits per heavy atom. The first-order valence-corrected chi connectivity index (χ1v) is 6.53. The fourth-order valence-corrected chi connectivity index (χ4v) is 2.22. The minimum absolute atomic E-state index is 0.0925. The molecule has 0 saturated heterocycles. The summed E-state index contributed by atoms with van der Waals surface area (Å²) in [6, 6.07) is 12.9. The Bertz CT molecular complexity index is 821. The van der Waals surface area contributed by atoms with Gasteiger partial charge in [0, 0.05) is 18.0 Å². The van der Waals surface area contributed by atoms with Gasteiger partial charge in [-0.1, -0.05) is 30.3 Å². The Morgan fingerprint density at radius 3 is 2.80 bits per heavy atom. The minimum atomic E-state index is -0.511. The molecule has 2 aromatic carbocycles. The van der Waals surface area contributed by atoms with E-state index in [1.54, 1.807) is 13.0 Å². The first-order valence-electron chi connectivity index (χ1n) is 6.53. The molecule has 0 aliphatic carbocycles. The molecule has 0 bridgehead atoms. The van der Waals surface area contributed by atoms with Gasteiger partial charge in [0.2, 0.25) is 0 Å². The third-order valence-corrected chi connectivity index (χ3v) is 3.19. The van der Waals surface area contributed by atoms with Crippen LogP contribution in [0.5, 0.6) is 0 Å². The number of hydrogen-bond acceptors (Lipinski definition) is 4. The molecule has 0 aliphatic heterocycles. The van der Waals surface area contributed by atoms with Crippen molar-refractivity contribution >= 4 is 27.6 Å². The van der Waals surface area contributed by atoms with E-state index < -0.39 is 6.10 Å². The largest absolute Gasteiger partial charge is 0.440 e. The molecular formula is C16H15NO3. The summed E-state index contributed by atoms with van der Waals surface area (Å²) < 4.78 is 5.78. The highest BCUT2D eigenvalue weighted by molar-refractivity contribution is 6.04. The van der Waals surface area contributed by atoms with Gasteiger partial charge >= 0.3 is 0 Å². The number of aliphatic hydroxyl groups is 1. The van der Waals surface area contributed by atoms with Crippen LogP contribution >= 0.6 is 0 Å². The molecule has 3 aromatic rings. The number of nitrogens with one attached hydrogen (secondary N) is 1. The maximum atomic E-state index is 12.1. The van der Waals surface area contributed by atoms with Gasteiger partial charge < -0.3 is 14.8 Å². The predicted molar refractivity (Wildman–Crippen MR) is 80.2 cm³/mol. The van der Waals surface area contributed by atoms with E-state index in [1.165, 1.54) is 6.07 Å². The van der Waals surface area contributed by atoms with Gasteiger partial charge in [-0.05, 0) is 18.4 Å². The van der Waals surface area contributed by atoms with E-state index in [0.717, 1.165) is 10.8 Å². The molecular weight excluding hydrogens is 254 g/mol. The summed E-state index contributed by atoms with van der Waals surface area (Å²) in [7, 11) is 0. The zero-order chi connectivity index (χ0) is 14.1. The average molecular weight is 269 g/mol. The van der Waals surface area contributed by atoms with Crippen LogP contribution in [0.2, 0.25) is 0 Å². The van der Waals surface area contributed by atoms with E-state index in [-0.39, 0.29) is 5.43 Å². The van der Waals surface area contributed by atoms with Gasteiger partial charge in [0.1, 0.15) is 5.58 Å². The Kier molecular flexibility index (Phi) is 3.16. The highest BCUT2D eigenvalue weighted by atomic mass is 16.3. The molecule has 0 saturated carbocycles. The quantitative estimate of drug-likeness (QED) is 0.718. The van der Waals surface area contributed by atoms with Crippen molar-refractivity contribution in [2.75, 3.05) is 11.9 Å². The maximum Gasteiger partial charge on any atom is 0.197 e. The van der Waals surface area contributed by atoms with E-state index in [1.807, 2.05) is 30.3 Å². The van der Waals surface area contributed by atoms with Gasteiger partial charge in [-0.3, -0.25) is 4.79 Å². The van der Waals surface area contributed by atoms with Crippen LogP contribution in [0.3, 0.4) is 0 Å². The van der Waals surface area contributed by atoms with E-state index >= 15 is 0 Å². The van der Waals surface area contributed by atoms with Crippen LogP contribution in [0.4, 0.5) is 5.88 Å². The van der Waals surface area contributed by atoms with Gasteiger partial charge in [0.15, 0.2) is 11.3 Å². The summed E-state index contributed by atoms with van der Waals surface area (Å²) >= 11 is 0. The van der Waals surface area contributed by atoms with Crippen molar-refractivity contribution in [3.8, 4) is 0 Å². The zero-order valence-corrected chi connectivity index (χ0v) is 11.1. The number of hydrogen-bond donors (Lipinski definition) is 2. The van der Waals surface area contributed by atoms with Crippen LogP contribution in [-0.4, -0.2) is 17.8 Å². The summed E-state index contributed by atoms with van der Waals surface area (Å²) in [5, 5.41) is 14.7. The highest BCUT2D eigenvalue weighted by Gasteiger charge is 2.08. The monoisotopic (exact) mass is 269 g/mol. The molecule has 1 aromatic heterocycles. The molecule has 102 valence electrons. The van der Waals surface area contributed by atoms with Crippen LogP contribution in [-0.2, 0) is 0 Å². The molecule has 0 radical (unpaired) electrons. The number of benzene rings is 2. The fourth-order valence-electron chi connectivity index (χ4n) is 2.22.